The summed E-state index contributed by atoms with van der Waals surface area (Å²) in [6.45, 7) is 0.162. The van der Waals surface area contributed by atoms with Gasteiger partial charge < -0.3 is 38.7 Å². The number of ether oxygens (including phenoxy) is 4. The highest BCUT2D eigenvalue weighted by atomic mass is 32.1. The second kappa shape index (κ2) is 64.9. The molecule has 23 nitrogen and oxygen atoms in total. The first-order valence-electron chi connectivity index (χ1n) is 44.7. The molecule has 0 fully saturated rings. The van der Waals surface area contributed by atoms with E-state index in [1.54, 1.807) is 55.9 Å². The minimum Gasteiger partial charge on any atom is -0.507 e. The molecular formula is C111H110F2N4O19S9. The van der Waals surface area contributed by atoms with Gasteiger partial charge in [0, 0.05) is 179 Å². The Labute approximate surface area is 889 Å². The first-order valence-corrected chi connectivity index (χ1v) is 50.4. The molecule has 4 heterocycles. The number of esters is 2. The molecule has 3 N–H and O–H groups in total. The predicted octanol–water partition coefficient (Wildman–Crippen LogP) is 19.5. The summed E-state index contributed by atoms with van der Waals surface area (Å²) in [6, 6.07) is 76.9. The second-order valence-corrected chi connectivity index (χ2v) is 34.4. The van der Waals surface area contributed by atoms with Crippen LogP contribution in [0.15, 0.2) is 284 Å². The third kappa shape index (κ3) is 40.7. The van der Waals surface area contributed by atoms with Gasteiger partial charge in [0.25, 0.3) is 0 Å². The first-order chi connectivity index (χ1) is 69.9. The summed E-state index contributed by atoms with van der Waals surface area (Å²) in [5, 5.41) is 33.1. The lowest BCUT2D eigenvalue weighted by atomic mass is 9.93. The van der Waals surface area contributed by atoms with Crippen molar-refractivity contribution >= 4 is 221 Å². The van der Waals surface area contributed by atoms with E-state index in [-0.39, 0.29) is 135 Å². The quantitative estimate of drug-likeness (QED) is 0.0130. The first kappa shape index (κ1) is 119. The van der Waals surface area contributed by atoms with Gasteiger partial charge in [-0.2, -0.15) is 114 Å². The number of benzene rings is 11. The van der Waals surface area contributed by atoms with Gasteiger partial charge >= 0.3 is 11.9 Å². The highest BCUT2D eigenvalue weighted by molar-refractivity contribution is 7.82. The monoisotopic (exact) mass is 2130 g/mol. The average Bonchev–Trinajstić information content (AvgIpc) is 1.62. The van der Waals surface area contributed by atoms with Gasteiger partial charge in [-0.05, 0) is 153 Å². The largest absolute Gasteiger partial charge is 0.507 e. The number of halogens is 2. The number of para-hydroxylation sites is 2. The number of nitrogens with zero attached hydrogens (tertiary/aromatic N) is 4. The number of phenols is 2. The van der Waals surface area contributed by atoms with Gasteiger partial charge in [0.15, 0.2) is 17.2 Å². The zero-order chi connectivity index (χ0) is 106. The third-order valence-electron chi connectivity index (χ3n) is 20.8. The van der Waals surface area contributed by atoms with E-state index in [0.717, 1.165) is 129 Å². The normalized spacial score (nSPS) is 10.3. The summed E-state index contributed by atoms with van der Waals surface area (Å²) >= 11 is 35.3. The van der Waals surface area contributed by atoms with Crippen molar-refractivity contribution < 1.29 is 100 Å². The maximum absolute atomic E-state index is 12.6. The zero-order valence-corrected chi connectivity index (χ0v) is 87.7. The van der Waals surface area contributed by atoms with E-state index >= 15 is 0 Å². The van der Waals surface area contributed by atoms with E-state index in [1.807, 2.05) is 194 Å². The van der Waals surface area contributed by atoms with E-state index in [4.69, 9.17) is 19.0 Å². The lowest BCUT2D eigenvalue weighted by Crippen LogP contribution is -2.14. The number of fused-ring (bicyclic) bond motifs is 5. The molecule has 0 saturated heterocycles. The van der Waals surface area contributed by atoms with Crippen molar-refractivity contribution in [1.29, 1.82) is 0 Å². The topological polar surface area (TPSA) is 350 Å². The van der Waals surface area contributed by atoms with Crippen LogP contribution in [0.2, 0.25) is 0 Å². The number of hydrogen-bond donors (Lipinski definition) is 12. The fourth-order valence-corrected chi connectivity index (χ4v) is 14.8. The molecule has 756 valence electrons. The van der Waals surface area contributed by atoms with Crippen molar-refractivity contribution in [3.05, 3.63) is 358 Å². The average molecular weight is 2130 g/mol. The highest BCUT2D eigenvalue weighted by Crippen LogP contribution is 2.40. The molecule has 0 unspecified atom stereocenters. The van der Waals surface area contributed by atoms with Crippen LogP contribution in [0.3, 0.4) is 0 Å². The van der Waals surface area contributed by atoms with Gasteiger partial charge in [0.05, 0.1) is 57.2 Å². The summed E-state index contributed by atoms with van der Waals surface area (Å²) in [6.07, 6.45) is 9.62. The van der Waals surface area contributed by atoms with Crippen molar-refractivity contribution in [2.45, 2.75) is 64.2 Å². The molecule has 0 aliphatic heterocycles. The number of rotatable bonds is 35. The van der Waals surface area contributed by atoms with Gasteiger partial charge in [0.1, 0.15) is 86.3 Å². The molecule has 15 rings (SSSR count). The molecule has 0 amide bonds. The Balaban J connectivity index is 0.000000223. The van der Waals surface area contributed by atoms with Gasteiger partial charge in [-0.3, -0.25) is 58.1 Å². The number of Topliss-reactive ketones (excluding diaryl/α,β-unsaturated/α-hetero) is 9. The number of pyridine rings is 2. The predicted molar refractivity (Wildman–Crippen MR) is 595 cm³/mol. The Hall–Kier alpha value is -12.7. The molecule has 0 spiro atoms. The number of hydrogen-bond acceptors (Lipinski definition) is 32. The number of carbonyl (C=O) groups is 11. The SMILES string of the molecule is COC(=O)c1ccc(CC(=O)CS)cc1.COC(=O)c1nccnc1CC(=O)CS.COc1cc2c(cc1CC(=O)CS)oc1ccccc12.COc1ccc(CC(=O)CS)cc1O.O=C(CS)Cc1cc(-c2ccccc2)c(O)c(-c2ccccc2)c1.O=C(CS)Cc1cc(F)cc(F)c1.O=C(CS)Cc1ccc(CCO)cc1.O=C(CS)Cc1ccc2ncccc2c1.O=C(CS)Cc1cccc2cccnc12. The molecule has 0 aliphatic carbocycles. The maximum atomic E-state index is 12.6. The Kier molecular flexibility index (Phi) is 53.3. The summed E-state index contributed by atoms with van der Waals surface area (Å²) in [4.78, 5) is 140. The van der Waals surface area contributed by atoms with Crippen LogP contribution in [0, 0.1) is 11.6 Å². The minimum atomic E-state index is -0.665. The van der Waals surface area contributed by atoms with Crippen molar-refractivity contribution in [1.82, 2.24) is 19.9 Å². The van der Waals surface area contributed by atoms with E-state index in [1.165, 1.54) is 39.8 Å². The summed E-state index contributed by atoms with van der Waals surface area (Å²) in [5.74, 6) is 1.36. The molecule has 15 aromatic rings. The third-order valence-corrected chi connectivity index (χ3v) is 23.9. The molecule has 0 atom stereocenters. The van der Waals surface area contributed by atoms with E-state index in [9.17, 15) is 71.7 Å². The van der Waals surface area contributed by atoms with Crippen molar-refractivity contribution in [3.63, 3.8) is 0 Å². The van der Waals surface area contributed by atoms with Gasteiger partial charge in [0.2, 0.25) is 0 Å². The van der Waals surface area contributed by atoms with Crippen LogP contribution < -0.4 is 9.47 Å². The van der Waals surface area contributed by atoms with Crippen LogP contribution in [0.1, 0.15) is 76.6 Å². The van der Waals surface area contributed by atoms with E-state index in [0.29, 0.717) is 91.2 Å². The molecular weight excluding hydrogens is 2020 g/mol. The molecule has 34 heteroatoms. The number of furan rings is 1. The number of aliphatic hydroxyl groups excluding tert-OH is 1. The van der Waals surface area contributed by atoms with Gasteiger partial charge in [-0.25, -0.2) is 23.4 Å². The molecule has 0 radical (unpaired) electrons. The van der Waals surface area contributed by atoms with Crippen molar-refractivity contribution in [3.8, 4) is 45.3 Å². The van der Waals surface area contributed by atoms with Crippen LogP contribution in [0.4, 0.5) is 8.78 Å². The van der Waals surface area contributed by atoms with Crippen LogP contribution in [-0.4, -0.2) is 186 Å². The summed E-state index contributed by atoms with van der Waals surface area (Å²) in [5.41, 5.74) is 15.5. The standard InChI is InChI=1S/C21H18O2S.C16H14O3S.2C12H11NOS.C11H12O3S.C11H14O2S.C10H12O3S.C9H8F2OS.C9H10N2O3S/c22-18(14-24)11-15-12-19(16-7-3-1-4-8-16)21(23)20(13-15)17-9-5-2-6-10-17;1-18-15-8-13-12-4-2-3-5-14(12)19-16(13)7-10(15)6-11(17)9-20;14-11(8-15)7-10-4-1-3-9-5-2-6-13-12(9)10;14-11(8-15)7-9-3-4-12-10(6-9)2-1-5-13-12;1-14-11(13)9-4-2-8(3-5-9)6-10(12)7-15;12-6-5-9-1-3-10(4-2-9)7-11(13)8-14;1-13-10-3-2-7(5-9(10)12)4-8(11)6-14;10-7-1-6(2-8(11)4-7)3-9(12)5-13;1-14-9(13)8-7(4-6(12)5-15)10-2-3-11-8/h1-10,12-13,23-24H,11,14H2;2-5,7-8,20H,6,9H2,1H3;2*1-6,15H,7-8H2;2-5,15H,6-7H2,1H3;1-4,12,14H,5-8H2;2-3,5,12,14H,4,6H2,1H3;1-2,4,13H,3,5H2;2-3,15H,4-5H2,1H3. The number of aromatic hydroxyl groups is 2. The fourth-order valence-electron chi connectivity index (χ4n) is 13.8. The lowest BCUT2D eigenvalue weighted by Gasteiger charge is -2.13. The number of carbonyl (C=O) groups excluding carboxylic acids is 11. The number of aromatic nitrogens is 4. The Bertz CT molecular complexity index is 6760. The van der Waals surface area contributed by atoms with E-state index in [2.05, 4.69) is 143 Å². The molecule has 0 bridgehead atoms. The van der Waals surface area contributed by atoms with Crippen molar-refractivity contribution in [2.75, 3.05) is 86.8 Å². The molecule has 4 aromatic heterocycles. The minimum absolute atomic E-state index is 0.0258. The molecule has 11 aromatic carbocycles. The summed E-state index contributed by atoms with van der Waals surface area (Å²) in [7, 11) is 5.67. The zero-order valence-electron chi connectivity index (χ0n) is 79.6. The van der Waals surface area contributed by atoms with Crippen LogP contribution in [-0.2, 0) is 117 Å². The van der Waals surface area contributed by atoms with Crippen LogP contribution in [0.5, 0.6) is 23.0 Å². The van der Waals surface area contributed by atoms with Crippen LogP contribution >= 0.6 is 114 Å². The van der Waals surface area contributed by atoms with E-state index < -0.39 is 17.6 Å². The number of phenolic OH excluding ortho intramolecular Hbond substituents is 2. The number of methoxy groups -OCH3 is 4. The molecule has 0 aliphatic rings. The van der Waals surface area contributed by atoms with Gasteiger partial charge in [-0.1, -0.05) is 158 Å². The molecule has 0 saturated carbocycles. The highest BCUT2D eigenvalue weighted by Gasteiger charge is 2.21. The number of ketones is 9. The van der Waals surface area contributed by atoms with Crippen molar-refractivity contribution in [2.24, 2.45) is 0 Å². The summed E-state index contributed by atoms with van der Waals surface area (Å²) < 4.78 is 50.4. The Morgan fingerprint density at radius 2 is 0.759 bits per heavy atom. The molecule has 145 heavy (non-hydrogen) atoms. The Morgan fingerprint density at radius 1 is 0.331 bits per heavy atom. The maximum Gasteiger partial charge on any atom is 0.358 e. The second-order valence-electron chi connectivity index (χ2n) is 31.5. The Morgan fingerprint density at radius 3 is 1.27 bits per heavy atom. The smallest absolute Gasteiger partial charge is 0.358 e. The fraction of sp³-hybridized carbons (Fsp3) is 0.216. The van der Waals surface area contributed by atoms with Crippen LogP contribution in [0.25, 0.3) is 66.0 Å². The number of aliphatic hydroxyl groups is 1. The lowest BCUT2D eigenvalue weighted by molar-refractivity contribution is -0.116. The van der Waals surface area contributed by atoms with Gasteiger partial charge in [-0.15, -0.1) is 0 Å². The number of thiol groups is 9.